The van der Waals surface area contributed by atoms with Gasteiger partial charge in [-0.1, -0.05) is 5.92 Å². The van der Waals surface area contributed by atoms with Crippen LogP contribution in [-0.4, -0.2) is 12.5 Å². The van der Waals surface area contributed by atoms with Crippen LogP contribution in [0.1, 0.15) is 22.2 Å². The number of hydrogen-bond acceptors (Lipinski definition) is 3. The van der Waals surface area contributed by atoms with E-state index in [0.717, 1.165) is 11.4 Å². The molecule has 0 spiro atoms. The Morgan fingerprint density at radius 1 is 1.71 bits per heavy atom. The highest BCUT2D eigenvalue weighted by Gasteiger charge is 2.03. The molecule has 0 aliphatic rings. The predicted molar refractivity (Wildman–Crippen MR) is 58.0 cm³/mol. The average Bonchev–Trinajstić information content (AvgIpc) is 2.61. The van der Waals surface area contributed by atoms with E-state index in [2.05, 4.69) is 17.2 Å². The van der Waals surface area contributed by atoms with Crippen LogP contribution >= 0.6 is 11.3 Å². The molecule has 1 rings (SSSR count). The molecule has 0 atom stereocenters. The summed E-state index contributed by atoms with van der Waals surface area (Å²) < 4.78 is 0. The van der Waals surface area contributed by atoms with Crippen molar-refractivity contribution in [1.82, 2.24) is 5.32 Å². The number of nitrogens with one attached hydrogen (secondary N) is 1. The highest BCUT2D eigenvalue weighted by atomic mass is 32.1. The third kappa shape index (κ3) is 3.21. The zero-order valence-electron chi connectivity index (χ0n) is 7.96. The van der Waals surface area contributed by atoms with Crippen molar-refractivity contribution >= 4 is 17.2 Å². The quantitative estimate of drug-likeness (QED) is 0.572. The molecule has 0 saturated carbocycles. The van der Waals surface area contributed by atoms with Crippen LogP contribution in [0, 0.1) is 11.8 Å². The van der Waals surface area contributed by atoms with Gasteiger partial charge in [-0.15, -0.1) is 17.3 Å². The summed E-state index contributed by atoms with van der Waals surface area (Å²) in [5.74, 6) is 5.32. The van der Waals surface area contributed by atoms with E-state index in [4.69, 9.17) is 5.73 Å². The molecule has 0 aliphatic carbocycles. The summed E-state index contributed by atoms with van der Waals surface area (Å²) in [4.78, 5) is 11.9. The largest absolute Gasteiger partial charge is 0.366 e. The second kappa shape index (κ2) is 5.43. The Morgan fingerprint density at radius 3 is 3.07 bits per heavy atom. The first-order valence-corrected chi connectivity index (χ1v) is 5.09. The molecule has 0 radical (unpaired) electrons. The Balaban J connectivity index is 2.42. The van der Waals surface area contributed by atoms with Crippen molar-refractivity contribution in [3.8, 4) is 11.8 Å². The van der Waals surface area contributed by atoms with Crippen molar-refractivity contribution in [2.24, 2.45) is 5.73 Å². The predicted octanol–water partition coefficient (Wildman–Crippen LogP) is 0.960. The monoisotopic (exact) mass is 208 g/mol. The number of rotatable bonds is 4. The van der Waals surface area contributed by atoms with Gasteiger partial charge in [0, 0.05) is 16.8 Å². The van der Waals surface area contributed by atoms with Crippen LogP contribution in [0.5, 0.6) is 0 Å². The van der Waals surface area contributed by atoms with Gasteiger partial charge in [0.15, 0.2) is 0 Å². The van der Waals surface area contributed by atoms with E-state index < -0.39 is 0 Å². The maximum Gasteiger partial charge on any atom is 0.249 e. The number of nitrogens with two attached hydrogens (primary N) is 1. The zero-order chi connectivity index (χ0) is 10.4. The topological polar surface area (TPSA) is 55.1 Å². The Labute approximate surface area is 87.3 Å². The number of primary amides is 1. The van der Waals surface area contributed by atoms with Crippen molar-refractivity contribution in [2.75, 3.05) is 6.54 Å². The summed E-state index contributed by atoms with van der Waals surface area (Å²) in [5, 5.41) is 4.91. The molecule has 0 bridgehead atoms. The number of carbonyl (C=O) groups excluding carboxylic acids is 1. The van der Waals surface area contributed by atoms with Gasteiger partial charge in [-0.3, -0.25) is 4.79 Å². The van der Waals surface area contributed by atoms with Gasteiger partial charge >= 0.3 is 0 Å². The van der Waals surface area contributed by atoms with E-state index in [0.29, 0.717) is 12.1 Å². The number of hydrogen-bond donors (Lipinski definition) is 2. The van der Waals surface area contributed by atoms with E-state index in [-0.39, 0.29) is 5.91 Å². The number of carbonyl (C=O) groups is 1. The zero-order valence-corrected chi connectivity index (χ0v) is 8.78. The third-order valence-electron chi connectivity index (χ3n) is 1.63. The van der Waals surface area contributed by atoms with Crippen molar-refractivity contribution in [3.05, 3.63) is 21.9 Å². The van der Waals surface area contributed by atoms with Gasteiger partial charge in [0.1, 0.15) is 0 Å². The molecule has 0 unspecified atom stereocenters. The SMILES string of the molecule is CC#CCNCc1cc(C(N)=O)cs1. The summed E-state index contributed by atoms with van der Waals surface area (Å²) in [7, 11) is 0. The fourth-order valence-corrected chi connectivity index (χ4v) is 1.78. The van der Waals surface area contributed by atoms with Crippen LogP contribution in [0.25, 0.3) is 0 Å². The minimum Gasteiger partial charge on any atom is -0.366 e. The minimum atomic E-state index is -0.374. The minimum absolute atomic E-state index is 0.374. The van der Waals surface area contributed by atoms with Crippen LogP contribution < -0.4 is 11.1 Å². The molecule has 3 nitrogen and oxygen atoms in total. The van der Waals surface area contributed by atoms with Gasteiger partial charge in [-0.05, 0) is 13.0 Å². The van der Waals surface area contributed by atoms with Gasteiger partial charge in [0.05, 0.1) is 12.1 Å². The molecule has 74 valence electrons. The van der Waals surface area contributed by atoms with Gasteiger partial charge in [0.25, 0.3) is 0 Å². The molecule has 1 heterocycles. The second-order valence-electron chi connectivity index (χ2n) is 2.70. The normalized spacial score (nSPS) is 9.21. The van der Waals surface area contributed by atoms with Crippen LogP contribution in [0.3, 0.4) is 0 Å². The Bertz CT molecular complexity index is 373. The summed E-state index contributed by atoms with van der Waals surface area (Å²) in [6.07, 6.45) is 0. The van der Waals surface area contributed by atoms with Crippen molar-refractivity contribution in [1.29, 1.82) is 0 Å². The highest BCUT2D eigenvalue weighted by molar-refractivity contribution is 7.10. The molecule has 0 aliphatic heterocycles. The first-order valence-electron chi connectivity index (χ1n) is 4.21. The van der Waals surface area contributed by atoms with E-state index in [1.807, 2.05) is 0 Å². The molecular weight excluding hydrogens is 196 g/mol. The lowest BCUT2D eigenvalue weighted by molar-refractivity contribution is 0.100. The maximum absolute atomic E-state index is 10.8. The fraction of sp³-hybridized carbons (Fsp3) is 0.300. The smallest absolute Gasteiger partial charge is 0.249 e. The highest BCUT2D eigenvalue weighted by Crippen LogP contribution is 2.13. The van der Waals surface area contributed by atoms with E-state index >= 15 is 0 Å². The van der Waals surface area contributed by atoms with E-state index in [1.54, 1.807) is 18.4 Å². The van der Waals surface area contributed by atoms with E-state index in [9.17, 15) is 4.79 Å². The molecule has 14 heavy (non-hydrogen) atoms. The maximum atomic E-state index is 10.8. The summed E-state index contributed by atoms with van der Waals surface area (Å²) >= 11 is 1.52. The Kier molecular flexibility index (Phi) is 4.17. The van der Waals surface area contributed by atoms with Gasteiger partial charge in [-0.2, -0.15) is 0 Å². The summed E-state index contributed by atoms with van der Waals surface area (Å²) in [5.41, 5.74) is 5.71. The van der Waals surface area contributed by atoms with E-state index in [1.165, 1.54) is 11.3 Å². The standard InChI is InChI=1S/C10H12N2OS/c1-2-3-4-12-6-9-5-8(7-14-9)10(11)13/h5,7,12H,4,6H2,1H3,(H2,11,13). The molecule has 1 amide bonds. The van der Waals surface area contributed by atoms with Gasteiger partial charge in [-0.25, -0.2) is 0 Å². The van der Waals surface area contributed by atoms with Gasteiger partial charge in [0.2, 0.25) is 5.91 Å². The lowest BCUT2D eigenvalue weighted by Crippen LogP contribution is -2.12. The molecule has 0 aromatic carbocycles. The van der Waals surface area contributed by atoms with Crippen molar-refractivity contribution in [3.63, 3.8) is 0 Å². The molecule has 1 aromatic heterocycles. The molecule has 0 saturated heterocycles. The first-order chi connectivity index (χ1) is 6.74. The van der Waals surface area contributed by atoms with Crippen LogP contribution in [0.15, 0.2) is 11.4 Å². The van der Waals surface area contributed by atoms with Crippen LogP contribution in [0.4, 0.5) is 0 Å². The fourth-order valence-electron chi connectivity index (χ4n) is 0.939. The molecule has 1 aromatic rings. The lowest BCUT2D eigenvalue weighted by atomic mass is 10.3. The Hall–Kier alpha value is -1.31. The van der Waals surface area contributed by atoms with Crippen LogP contribution in [-0.2, 0) is 6.54 Å². The summed E-state index contributed by atoms with van der Waals surface area (Å²) in [6.45, 7) is 3.20. The average molecular weight is 208 g/mol. The lowest BCUT2D eigenvalue weighted by Gasteiger charge is -1.95. The van der Waals surface area contributed by atoms with Crippen molar-refractivity contribution in [2.45, 2.75) is 13.5 Å². The molecule has 4 heteroatoms. The summed E-state index contributed by atoms with van der Waals surface area (Å²) in [6, 6.07) is 1.80. The number of thiophene rings is 1. The molecule has 0 fully saturated rings. The van der Waals surface area contributed by atoms with Crippen molar-refractivity contribution < 1.29 is 4.79 Å². The van der Waals surface area contributed by atoms with Crippen LogP contribution in [0.2, 0.25) is 0 Å². The van der Waals surface area contributed by atoms with Gasteiger partial charge < -0.3 is 11.1 Å². The number of amides is 1. The molecule has 3 N–H and O–H groups in total. The second-order valence-corrected chi connectivity index (χ2v) is 3.69. The Morgan fingerprint density at radius 2 is 2.50 bits per heavy atom. The molecular formula is C10H12N2OS. The first kappa shape index (κ1) is 10.8. The third-order valence-corrected chi connectivity index (χ3v) is 2.56.